The second-order valence-electron chi connectivity index (χ2n) is 5.09. The first-order valence-corrected chi connectivity index (χ1v) is 7.99. The molecule has 3 rings (SSSR count). The van der Waals surface area contributed by atoms with E-state index < -0.39 is 6.10 Å². The second-order valence-corrected chi connectivity index (χ2v) is 6.01. The van der Waals surface area contributed by atoms with Crippen LogP contribution < -0.4 is 4.74 Å². The number of rotatable bonds is 6. The fraction of sp³-hybridized carbons (Fsp3) is 0.188. The van der Waals surface area contributed by atoms with Crippen LogP contribution in [0, 0.1) is 5.82 Å². The lowest BCUT2D eigenvalue weighted by atomic mass is 10.2. The van der Waals surface area contributed by atoms with Gasteiger partial charge in [0.1, 0.15) is 24.3 Å². The first-order chi connectivity index (χ1) is 11.6. The first kappa shape index (κ1) is 16.5. The van der Waals surface area contributed by atoms with E-state index in [1.54, 1.807) is 0 Å². The van der Waals surface area contributed by atoms with Crippen LogP contribution >= 0.6 is 15.9 Å². The van der Waals surface area contributed by atoms with Gasteiger partial charge in [-0.2, -0.15) is 4.80 Å². The fourth-order valence-corrected chi connectivity index (χ4v) is 2.26. The molecule has 0 amide bonds. The average molecular weight is 393 g/mol. The first-order valence-electron chi connectivity index (χ1n) is 7.20. The summed E-state index contributed by atoms with van der Waals surface area (Å²) in [6, 6.07) is 13.1. The van der Waals surface area contributed by atoms with Gasteiger partial charge < -0.3 is 9.84 Å². The van der Waals surface area contributed by atoms with Crippen LogP contribution in [-0.2, 0) is 6.54 Å². The minimum atomic E-state index is -0.818. The standard InChI is InChI=1S/C16H14BrFN4O2/c17-12-3-1-11(2-4-12)16-19-21-22(20-16)9-14(23)10-24-15-7-5-13(18)6-8-15/h1-8,14,23H,9-10H2. The molecule has 0 radical (unpaired) electrons. The molecule has 1 unspecified atom stereocenters. The van der Waals surface area contributed by atoms with Crippen molar-refractivity contribution in [3.63, 3.8) is 0 Å². The van der Waals surface area contributed by atoms with E-state index in [1.807, 2.05) is 24.3 Å². The highest BCUT2D eigenvalue weighted by Gasteiger charge is 2.11. The zero-order valence-electron chi connectivity index (χ0n) is 12.5. The van der Waals surface area contributed by atoms with Gasteiger partial charge in [0.2, 0.25) is 5.82 Å². The van der Waals surface area contributed by atoms with Crippen LogP contribution in [0.1, 0.15) is 0 Å². The zero-order valence-corrected chi connectivity index (χ0v) is 14.1. The van der Waals surface area contributed by atoms with E-state index in [-0.39, 0.29) is 19.0 Å². The van der Waals surface area contributed by atoms with Gasteiger partial charge in [0.05, 0.1) is 6.54 Å². The normalized spacial score (nSPS) is 12.1. The smallest absolute Gasteiger partial charge is 0.204 e. The number of nitrogens with zero attached hydrogens (tertiary/aromatic N) is 4. The Bertz CT molecular complexity index is 793. The molecule has 0 saturated heterocycles. The topological polar surface area (TPSA) is 73.1 Å². The Hall–Kier alpha value is -2.32. The van der Waals surface area contributed by atoms with Crippen molar-refractivity contribution in [1.29, 1.82) is 0 Å². The number of tetrazole rings is 1. The third-order valence-electron chi connectivity index (χ3n) is 3.19. The summed E-state index contributed by atoms with van der Waals surface area (Å²) >= 11 is 3.37. The third kappa shape index (κ3) is 4.36. The lowest BCUT2D eigenvalue weighted by molar-refractivity contribution is 0.0849. The van der Waals surface area contributed by atoms with Crippen molar-refractivity contribution in [2.24, 2.45) is 0 Å². The molecule has 1 heterocycles. The monoisotopic (exact) mass is 392 g/mol. The van der Waals surface area contributed by atoms with E-state index in [9.17, 15) is 9.50 Å². The number of benzene rings is 2. The van der Waals surface area contributed by atoms with Crippen LogP contribution in [0.15, 0.2) is 53.0 Å². The van der Waals surface area contributed by atoms with Crippen LogP contribution in [0.4, 0.5) is 4.39 Å². The van der Waals surface area contributed by atoms with Gasteiger partial charge in [0.25, 0.3) is 0 Å². The maximum Gasteiger partial charge on any atom is 0.204 e. The summed E-state index contributed by atoms with van der Waals surface area (Å²) in [4.78, 5) is 1.32. The van der Waals surface area contributed by atoms with Gasteiger partial charge in [-0.05, 0) is 53.7 Å². The highest BCUT2D eigenvalue weighted by Crippen LogP contribution is 2.17. The molecule has 0 aliphatic rings. The number of halogens is 2. The molecule has 0 fully saturated rings. The van der Waals surface area contributed by atoms with Crippen LogP contribution in [-0.4, -0.2) is 38.0 Å². The van der Waals surface area contributed by atoms with Crippen LogP contribution in [0.25, 0.3) is 11.4 Å². The van der Waals surface area contributed by atoms with E-state index in [2.05, 4.69) is 31.3 Å². The number of aliphatic hydroxyl groups excluding tert-OH is 1. The molecule has 8 heteroatoms. The summed E-state index contributed by atoms with van der Waals surface area (Å²) < 4.78 is 19.2. The third-order valence-corrected chi connectivity index (χ3v) is 3.71. The van der Waals surface area contributed by atoms with Crippen molar-refractivity contribution in [1.82, 2.24) is 20.2 Å². The lowest BCUT2D eigenvalue weighted by Gasteiger charge is -2.11. The molecule has 124 valence electrons. The van der Waals surface area contributed by atoms with Gasteiger partial charge in [0, 0.05) is 10.0 Å². The number of hydrogen-bond acceptors (Lipinski definition) is 5. The maximum absolute atomic E-state index is 12.8. The Morgan fingerprint density at radius 1 is 1.12 bits per heavy atom. The largest absolute Gasteiger partial charge is 0.491 e. The Morgan fingerprint density at radius 2 is 1.83 bits per heavy atom. The molecule has 6 nitrogen and oxygen atoms in total. The Balaban J connectivity index is 1.55. The molecule has 3 aromatic rings. The molecular weight excluding hydrogens is 379 g/mol. The summed E-state index contributed by atoms with van der Waals surface area (Å²) in [5.41, 5.74) is 0.835. The SMILES string of the molecule is OC(COc1ccc(F)cc1)Cn1nnc(-c2ccc(Br)cc2)n1. The summed E-state index contributed by atoms with van der Waals surface area (Å²) in [5.74, 6) is 0.627. The van der Waals surface area contributed by atoms with Crippen LogP contribution in [0.2, 0.25) is 0 Å². The molecule has 1 atom stereocenters. The molecule has 0 aliphatic heterocycles. The van der Waals surface area contributed by atoms with Crippen molar-refractivity contribution in [3.8, 4) is 17.1 Å². The minimum absolute atomic E-state index is 0.0424. The van der Waals surface area contributed by atoms with Gasteiger partial charge >= 0.3 is 0 Å². The van der Waals surface area contributed by atoms with Crippen molar-refractivity contribution in [2.75, 3.05) is 6.61 Å². The van der Waals surface area contributed by atoms with E-state index in [4.69, 9.17) is 4.74 Å². The molecule has 1 aromatic heterocycles. The molecule has 0 aliphatic carbocycles. The Labute approximate surface area is 146 Å². The number of ether oxygens (including phenoxy) is 1. The van der Waals surface area contributed by atoms with E-state index in [0.717, 1.165) is 10.0 Å². The van der Waals surface area contributed by atoms with Crippen molar-refractivity contribution in [3.05, 3.63) is 58.8 Å². The number of hydrogen-bond donors (Lipinski definition) is 1. The summed E-state index contributed by atoms with van der Waals surface area (Å²) in [5, 5.41) is 22.1. The van der Waals surface area contributed by atoms with Crippen molar-refractivity contribution >= 4 is 15.9 Å². The molecule has 2 aromatic carbocycles. The molecule has 1 N–H and O–H groups in total. The maximum atomic E-state index is 12.8. The molecule has 0 bridgehead atoms. The van der Waals surface area contributed by atoms with Gasteiger partial charge in [0.15, 0.2) is 0 Å². The number of aliphatic hydroxyl groups is 1. The van der Waals surface area contributed by atoms with Crippen molar-refractivity contribution < 1.29 is 14.2 Å². The van der Waals surface area contributed by atoms with Crippen molar-refractivity contribution in [2.45, 2.75) is 12.6 Å². The molecule has 24 heavy (non-hydrogen) atoms. The van der Waals surface area contributed by atoms with Crippen LogP contribution in [0.3, 0.4) is 0 Å². The van der Waals surface area contributed by atoms with Gasteiger partial charge in [-0.25, -0.2) is 4.39 Å². The lowest BCUT2D eigenvalue weighted by Crippen LogP contribution is -2.24. The molecule has 0 spiro atoms. The summed E-state index contributed by atoms with van der Waals surface area (Å²) in [6.45, 7) is 0.186. The number of aromatic nitrogens is 4. The molecule has 0 saturated carbocycles. The second kappa shape index (κ2) is 7.50. The predicted octanol–water partition coefficient (Wildman–Crippen LogP) is 2.68. The summed E-state index contributed by atoms with van der Waals surface area (Å²) in [7, 11) is 0. The van der Waals surface area contributed by atoms with E-state index in [0.29, 0.717) is 11.6 Å². The minimum Gasteiger partial charge on any atom is -0.491 e. The molecular formula is C16H14BrFN4O2. The van der Waals surface area contributed by atoms with E-state index in [1.165, 1.54) is 29.1 Å². The Kier molecular flexibility index (Phi) is 5.17. The highest BCUT2D eigenvalue weighted by atomic mass is 79.9. The summed E-state index contributed by atoms with van der Waals surface area (Å²) in [6.07, 6.45) is -0.818. The predicted molar refractivity (Wildman–Crippen MR) is 88.9 cm³/mol. The fourth-order valence-electron chi connectivity index (χ4n) is 2.00. The quantitative estimate of drug-likeness (QED) is 0.697. The highest BCUT2D eigenvalue weighted by molar-refractivity contribution is 9.10. The van der Waals surface area contributed by atoms with Gasteiger partial charge in [-0.1, -0.05) is 15.9 Å². The van der Waals surface area contributed by atoms with Gasteiger partial charge in [-0.15, -0.1) is 10.2 Å². The zero-order chi connectivity index (χ0) is 16.9. The van der Waals surface area contributed by atoms with Gasteiger partial charge in [-0.3, -0.25) is 0 Å². The van der Waals surface area contributed by atoms with E-state index >= 15 is 0 Å². The average Bonchev–Trinajstić information content (AvgIpc) is 3.03. The van der Waals surface area contributed by atoms with Crippen LogP contribution in [0.5, 0.6) is 5.75 Å². The Morgan fingerprint density at radius 3 is 2.54 bits per heavy atom.